The lowest BCUT2D eigenvalue weighted by molar-refractivity contribution is 0.0546. The fourth-order valence-electron chi connectivity index (χ4n) is 2.72. The Morgan fingerprint density at radius 1 is 1.20 bits per heavy atom. The molecule has 2 aromatic carbocycles. The van der Waals surface area contributed by atoms with Crippen LogP contribution in [0.3, 0.4) is 0 Å². The molecule has 1 N–H and O–H groups in total. The maximum absolute atomic E-state index is 10.3. The van der Waals surface area contributed by atoms with Crippen LogP contribution in [0.4, 0.5) is 0 Å². The molecule has 0 aromatic heterocycles. The average molecular weight is 333 g/mol. The quantitative estimate of drug-likeness (QED) is 0.881. The van der Waals surface area contributed by atoms with E-state index >= 15 is 0 Å². The lowest BCUT2D eigenvalue weighted by Crippen LogP contribution is -2.30. The molecule has 0 radical (unpaired) electrons. The van der Waals surface area contributed by atoms with E-state index in [9.17, 15) is 5.11 Å². The van der Waals surface area contributed by atoms with Crippen LogP contribution in [0.15, 0.2) is 53.0 Å². The van der Waals surface area contributed by atoms with E-state index in [4.69, 9.17) is 4.74 Å². The predicted octanol–water partition coefficient (Wildman–Crippen LogP) is 4.44. The van der Waals surface area contributed by atoms with Gasteiger partial charge in [-0.05, 0) is 17.7 Å². The third-order valence-corrected chi connectivity index (χ3v) is 4.44. The van der Waals surface area contributed by atoms with E-state index in [-0.39, 0.29) is 12.0 Å². The highest BCUT2D eigenvalue weighted by Gasteiger charge is 2.31. The molecule has 2 aromatic rings. The molecular formula is C17H17BrO2. The van der Waals surface area contributed by atoms with Crippen molar-refractivity contribution in [2.45, 2.75) is 31.5 Å². The summed E-state index contributed by atoms with van der Waals surface area (Å²) in [4.78, 5) is 0. The summed E-state index contributed by atoms with van der Waals surface area (Å²) < 4.78 is 7.08. The lowest BCUT2D eigenvalue weighted by atomic mass is 9.88. The van der Waals surface area contributed by atoms with Crippen LogP contribution >= 0.6 is 15.9 Å². The first-order valence-electron chi connectivity index (χ1n) is 6.84. The third-order valence-electron chi connectivity index (χ3n) is 3.95. The molecule has 104 valence electrons. The van der Waals surface area contributed by atoms with E-state index in [2.05, 4.69) is 35.0 Å². The van der Waals surface area contributed by atoms with Gasteiger partial charge in [0.15, 0.2) is 0 Å². The Bertz CT molecular complexity index is 597. The highest BCUT2D eigenvalue weighted by Crippen LogP contribution is 2.40. The smallest absolute Gasteiger partial charge is 0.126 e. The molecule has 0 saturated carbocycles. The molecular weight excluding hydrogens is 316 g/mol. The summed E-state index contributed by atoms with van der Waals surface area (Å²) >= 11 is 3.45. The molecule has 0 spiro atoms. The molecule has 20 heavy (non-hydrogen) atoms. The van der Waals surface area contributed by atoms with Crippen LogP contribution in [0.5, 0.6) is 5.75 Å². The molecule has 2 unspecified atom stereocenters. The Morgan fingerprint density at radius 2 is 1.95 bits per heavy atom. The molecule has 0 amide bonds. The summed E-state index contributed by atoms with van der Waals surface area (Å²) in [5.41, 5.74) is 2.12. The number of fused-ring (bicyclic) bond motifs is 1. The predicted molar refractivity (Wildman–Crippen MR) is 83.0 cm³/mol. The fraction of sp³-hybridized carbons (Fsp3) is 0.294. The zero-order chi connectivity index (χ0) is 14.1. The number of hydrogen-bond donors (Lipinski definition) is 1. The topological polar surface area (TPSA) is 29.5 Å². The van der Waals surface area contributed by atoms with E-state index in [0.717, 1.165) is 15.8 Å². The minimum atomic E-state index is -0.456. The van der Waals surface area contributed by atoms with Crippen molar-refractivity contribution in [3.8, 4) is 5.75 Å². The van der Waals surface area contributed by atoms with Gasteiger partial charge in [-0.2, -0.15) is 0 Å². The van der Waals surface area contributed by atoms with Gasteiger partial charge < -0.3 is 9.84 Å². The molecule has 0 saturated heterocycles. The number of aliphatic hydroxyl groups is 1. The van der Waals surface area contributed by atoms with Gasteiger partial charge in [0.1, 0.15) is 11.9 Å². The van der Waals surface area contributed by atoms with Gasteiger partial charge in [0.25, 0.3) is 0 Å². The summed E-state index contributed by atoms with van der Waals surface area (Å²) in [6.07, 6.45) is 0.169. The SMILES string of the molecule is CC(c1ccccc1)C1C[C@@H](O)c2ccc(Br)cc2O1. The van der Waals surface area contributed by atoms with Gasteiger partial charge in [-0.25, -0.2) is 0 Å². The number of aliphatic hydroxyl groups excluding tert-OH is 1. The van der Waals surface area contributed by atoms with Gasteiger partial charge in [-0.1, -0.05) is 59.3 Å². The zero-order valence-corrected chi connectivity index (χ0v) is 12.9. The van der Waals surface area contributed by atoms with E-state index < -0.39 is 6.10 Å². The average Bonchev–Trinajstić information content (AvgIpc) is 2.46. The van der Waals surface area contributed by atoms with Crippen molar-refractivity contribution in [2.24, 2.45) is 0 Å². The molecule has 1 heterocycles. The molecule has 0 aliphatic carbocycles. The van der Waals surface area contributed by atoms with Gasteiger partial charge in [0.05, 0.1) is 6.10 Å². The van der Waals surface area contributed by atoms with Crippen LogP contribution in [0.25, 0.3) is 0 Å². The van der Waals surface area contributed by atoms with Gasteiger partial charge in [0.2, 0.25) is 0 Å². The molecule has 1 aliphatic heterocycles. The summed E-state index contributed by atoms with van der Waals surface area (Å²) in [7, 11) is 0. The van der Waals surface area contributed by atoms with E-state index in [0.29, 0.717) is 6.42 Å². The van der Waals surface area contributed by atoms with Crippen LogP contribution in [-0.2, 0) is 0 Å². The molecule has 3 rings (SSSR count). The van der Waals surface area contributed by atoms with Gasteiger partial charge in [-0.3, -0.25) is 0 Å². The largest absolute Gasteiger partial charge is 0.489 e. The van der Waals surface area contributed by atoms with Crippen LogP contribution < -0.4 is 4.74 Å². The number of halogens is 1. The van der Waals surface area contributed by atoms with Gasteiger partial charge >= 0.3 is 0 Å². The lowest BCUT2D eigenvalue weighted by Gasteiger charge is -2.33. The van der Waals surface area contributed by atoms with E-state index in [1.807, 2.05) is 36.4 Å². The third kappa shape index (κ3) is 2.60. The summed E-state index contributed by atoms with van der Waals surface area (Å²) in [5.74, 6) is 1.03. The maximum atomic E-state index is 10.3. The monoisotopic (exact) mass is 332 g/mol. The first-order valence-corrected chi connectivity index (χ1v) is 7.63. The Balaban J connectivity index is 1.87. The van der Waals surface area contributed by atoms with E-state index in [1.54, 1.807) is 0 Å². The van der Waals surface area contributed by atoms with Crippen molar-refractivity contribution in [3.05, 3.63) is 64.1 Å². The molecule has 0 fully saturated rings. The van der Waals surface area contributed by atoms with Gasteiger partial charge in [0, 0.05) is 22.4 Å². The minimum absolute atomic E-state index is 0.00537. The highest BCUT2D eigenvalue weighted by molar-refractivity contribution is 9.10. The zero-order valence-electron chi connectivity index (χ0n) is 11.3. The van der Waals surface area contributed by atoms with Crippen LogP contribution in [-0.4, -0.2) is 11.2 Å². The summed E-state index contributed by atoms with van der Waals surface area (Å²) in [6.45, 7) is 2.15. The first kappa shape index (κ1) is 13.7. The molecule has 3 atom stereocenters. The van der Waals surface area contributed by atoms with Crippen molar-refractivity contribution in [1.29, 1.82) is 0 Å². The maximum Gasteiger partial charge on any atom is 0.126 e. The van der Waals surface area contributed by atoms with Crippen molar-refractivity contribution < 1.29 is 9.84 Å². The molecule has 0 bridgehead atoms. The Hall–Kier alpha value is -1.32. The molecule has 1 aliphatic rings. The molecule has 3 heteroatoms. The normalized spacial score (nSPS) is 22.8. The highest BCUT2D eigenvalue weighted by atomic mass is 79.9. The van der Waals surface area contributed by atoms with Crippen LogP contribution in [0.2, 0.25) is 0 Å². The second kappa shape index (κ2) is 5.58. The molecule has 2 nitrogen and oxygen atoms in total. The minimum Gasteiger partial charge on any atom is -0.489 e. The Labute approximate surface area is 127 Å². The Morgan fingerprint density at radius 3 is 2.70 bits per heavy atom. The summed E-state index contributed by atoms with van der Waals surface area (Å²) in [5, 5.41) is 10.3. The number of hydrogen-bond acceptors (Lipinski definition) is 2. The second-order valence-corrected chi connectivity index (χ2v) is 6.20. The van der Waals surface area contributed by atoms with Crippen molar-refractivity contribution in [2.75, 3.05) is 0 Å². The van der Waals surface area contributed by atoms with Crippen molar-refractivity contribution in [3.63, 3.8) is 0 Å². The van der Waals surface area contributed by atoms with Crippen molar-refractivity contribution in [1.82, 2.24) is 0 Å². The van der Waals surface area contributed by atoms with Crippen LogP contribution in [0.1, 0.15) is 36.5 Å². The number of ether oxygens (including phenoxy) is 1. The van der Waals surface area contributed by atoms with Crippen molar-refractivity contribution >= 4 is 15.9 Å². The second-order valence-electron chi connectivity index (χ2n) is 5.29. The summed E-state index contributed by atoms with van der Waals surface area (Å²) in [6, 6.07) is 16.1. The van der Waals surface area contributed by atoms with Crippen LogP contribution in [0, 0.1) is 0 Å². The first-order chi connectivity index (χ1) is 9.65. The van der Waals surface area contributed by atoms with Gasteiger partial charge in [-0.15, -0.1) is 0 Å². The standard InChI is InChI=1S/C17H17BrO2/c1-11(12-5-3-2-4-6-12)16-10-15(19)14-8-7-13(18)9-17(14)20-16/h2-9,11,15-16,19H,10H2,1H3/t11?,15-,16?/m1/s1. The number of rotatable bonds is 2. The number of benzene rings is 2. The fourth-order valence-corrected chi connectivity index (χ4v) is 3.06. The van der Waals surface area contributed by atoms with E-state index in [1.165, 1.54) is 5.56 Å². The Kier molecular flexibility index (Phi) is 3.81.